The first-order valence-corrected chi connectivity index (χ1v) is 9.89. The Morgan fingerprint density at radius 2 is 1.81 bits per heavy atom. The average molecular weight is 425 g/mol. The molecule has 0 fully saturated rings. The summed E-state index contributed by atoms with van der Waals surface area (Å²) in [5, 5.41) is 21.2. The van der Waals surface area contributed by atoms with Crippen LogP contribution in [-0.2, 0) is 12.8 Å². The van der Waals surface area contributed by atoms with Gasteiger partial charge in [-0.25, -0.2) is 8.78 Å². The van der Waals surface area contributed by atoms with Crippen LogP contribution < -0.4 is 10.1 Å². The topological polar surface area (TPSA) is 78.8 Å². The average Bonchev–Trinajstić information content (AvgIpc) is 2.91. The Balaban J connectivity index is 1.59. The van der Waals surface area contributed by atoms with Crippen molar-refractivity contribution in [2.24, 2.45) is 0 Å². The summed E-state index contributed by atoms with van der Waals surface area (Å²) in [6.45, 7) is -0.487. The van der Waals surface area contributed by atoms with E-state index in [0.29, 0.717) is 35.4 Å². The van der Waals surface area contributed by atoms with Crippen LogP contribution in [-0.4, -0.2) is 35.3 Å². The van der Waals surface area contributed by atoms with Crippen molar-refractivity contribution in [2.75, 3.05) is 18.5 Å². The highest BCUT2D eigenvalue weighted by Gasteiger charge is 2.22. The summed E-state index contributed by atoms with van der Waals surface area (Å²) >= 11 is 0. The maximum Gasteiger partial charge on any atom is 0.193 e. The van der Waals surface area contributed by atoms with Crippen LogP contribution in [0.15, 0.2) is 54.6 Å². The number of hydrogen-bond donors (Lipinski definition) is 3. The van der Waals surface area contributed by atoms with Crippen molar-refractivity contribution in [1.29, 1.82) is 0 Å². The Bertz CT molecular complexity index is 1130. The largest absolute Gasteiger partial charge is 0.491 e. The molecule has 1 aliphatic carbocycles. The molecule has 0 aromatic heterocycles. The molecule has 0 saturated heterocycles. The summed E-state index contributed by atoms with van der Waals surface area (Å²) < 4.78 is 32.9. The minimum atomic E-state index is -0.996. The lowest BCUT2D eigenvalue weighted by atomic mass is 9.98. The summed E-state index contributed by atoms with van der Waals surface area (Å²) in [6.07, 6.45) is 0.244. The number of carbonyl (C=O) groups is 1. The first-order chi connectivity index (χ1) is 15.0. The van der Waals surface area contributed by atoms with Gasteiger partial charge in [0.15, 0.2) is 17.4 Å². The highest BCUT2D eigenvalue weighted by atomic mass is 19.2. The van der Waals surface area contributed by atoms with Gasteiger partial charge in [0.05, 0.1) is 12.3 Å². The van der Waals surface area contributed by atoms with Crippen molar-refractivity contribution in [3.63, 3.8) is 0 Å². The fourth-order valence-electron chi connectivity index (χ4n) is 3.59. The quantitative estimate of drug-likeness (QED) is 0.560. The molecule has 1 atom stereocenters. The monoisotopic (exact) mass is 425 g/mol. The Labute approximate surface area is 177 Å². The fraction of sp³-hybridized carbons (Fsp3) is 0.208. The van der Waals surface area contributed by atoms with E-state index in [2.05, 4.69) is 5.32 Å². The van der Waals surface area contributed by atoms with Gasteiger partial charge >= 0.3 is 0 Å². The number of benzene rings is 3. The zero-order chi connectivity index (χ0) is 22.0. The van der Waals surface area contributed by atoms with Gasteiger partial charge in [0.25, 0.3) is 0 Å². The van der Waals surface area contributed by atoms with Gasteiger partial charge in [0.1, 0.15) is 18.5 Å². The Morgan fingerprint density at radius 1 is 1.00 bits per heavy atom. The molecule has 0 radical (unpaired) electrons. The van der Waals surface area contributed by atoms with Gasteiger partial charge in [-0.15, -0.1) is 0 Å². The van der Waals surface area contributed by atoms with Crippen molar-refractivity contribution in [3.05, 3.63) is 88.5 Å². The molecule has 0 spiro atoms. The predicted octanol–water partition coefficient (Wildman–Crippen LogP) is 3.77. The van der Waals surface area contributed by atoms with Crippen LogP contribution in [0.3, 0.4) is 0 Å². The summed E-state index contributed by atoms with van der Waals surface area (Å²) in [7, 11) is 0. The summed E-state index contributed by atoms with van der Waals surface area (Å²) in [6, 6.07) is 14.2. The molecule has 0 bridgehead atoms. The van der Waals surface area contributed by atoms with Gasteiger partial charge in [-0.1, -0.05) is 12.1 Å². The Kier molecular flexibility index (Phi) is 5.97. The van der Waals surface area contributed by atoms with E-state index in [-0.39, 0.29) is 18.1 Å². The lowest BCUT2D eigenvalue weighted by molar-refractivity contribution is 0.0536. The van der Waals surface area contributed by atoms with Crippen LogP contribution >= 0.6 is 0 Å². The smallest absolute Gasteiger partial charge is 0.193 e. The summed E-state index contributed by atoms with van der Waals surface area (Å²) in [4.78, 5) is 13.2. The first kappa shape index (κ1) is 21.0. The number of halogens is 2. The third-order valence-corrected chi connectivity index (χ3v) is 5.22. The number of nitrogens with one attached hydrogen (secondary N) is 1. The number of aliphatic hydroxyl groups is 2. The molecule has 0 saturated carbocycles. The van der Waals surface area contributed by atoms with Crippen molar-refractivity contribution in [3.8, 4) is 5.75 Å². The number of aryl methyl sites for hydroxylation is 2. The second kappa shape index (κ2) is 8.83. The summed E-state index contributed by atoms with van der Waals surface area (Å²) in [5.74, 6) is -1.61. The van der Waals surface area contributed by atoms with Crippen LogP contribution in [0.2, 0.25) is 0 Å². The summed E-state index contributed by atoms with van der Waals surface area (Å²) in [5.41, 5.74) is 3.32. The molecule has 0 unspecified atom stereocenters. The molecule has 3 N–H and O–H groups in total. The zero-order valence-electron chi connectivity index (χ0n) is 16.6. The van der Waals surface area contributed by atoms with E-state index in [0.717, 1.165) is 17.2 Å². The van der Waals surface area contributed by atoms with Gasteiger partial charge < -0.3 is 20.3 Å². The fourth-order valence-corrected chi connectivity index (χ4v) is 3.59. The molecule has 160 valence electrons. The van der Waals surface area contributed by atoms with Gasteiger partial charge in [-0.3, -0.25) is 4.79 Å². The van der Waals surface area contributed by atoms with Crippen LogP contribution in [0.1, 0.15) is 27.0 Å². The molecule has 0 aliphatic heterocycles. The second-order valence-corrected chi connectivity index (χ2v) is 7.39. The minimum absolute atomic E-state index is 0.0232. The van der Waals surface area contributed by atoms with E-state index < -0.39 is 24.3 Å². The number of aliphatic hydroxyl groups excluding tert-OH is 2. The number of ether oxygens (including phenoxy) is 1. The van der Waals surface area contributed by atoms with Gasteiger partial charge in [-0.05, 0) is 66.4 Å². The van der Waals surface area contributed by atoms with Crippen LogP contribution in [0, 0.1) is 11.6 Å². The Hall–Kier alpha value is -3.29. The van der Waals surface area contributed by atoms with Crippen LogP contribution in [0.4, 0.5) is 20.2 Å². The normalized spacial score (nSPS) is 13.7. The van der Waals surface area contributed by atoms with Crippen LogP contribution in [0.25, 0.3) is 0 Å². The third-order valence-electron chi connectivity index (χ3n) is 5.22. The first-order valence-electron chi connectivity index (χ1n) is 9.89. The van der Waals surface area contributed by atoms with Crippen molar-refractivity contribution >= 4 is 17.2 Å². The number of rotatable bonds is 6. The number of ketones is 1. The van der Waals surface area contributed by atoms with E-state index in [1.165, 1.54) is 12.1 Å². The standard InChI is InChI=1S/C24H21F2NO4/c25-21-2-1-3-22(23(21)26)27-16-7-9-19-15(10-16)5-4-14-6-8-18(11-20(14)24(19)30)31-13-17(29)12-28/h1-3,6-11,17,27-29H,4-5,12-13H2/t17-/m1/s1. The molecule has 4 rings (SSSR count). The highest BCUT2D eigenvalue weighted by molar-refractivity contribution is 6.11. The molecular formula is C24H21F2NO4. The molecule has 5 nitrogen and oxygen atoms in total. The predicted molar refractivity (Wildman–Crippen MR) is 112 cm³/mol. The highest BCUT2D eigenvalue weighted by Crippen LogP contribution is 2.30. The zero-order valence-corrected chi connectivity index (χ0v) is 16.6. The molecule has 31 heavy (non-hydrogen) atoms. The maximum absolute atomic E-state index is 14.0. The maximum atomic E-state index is 14.0. The Morgan fingerprint density at radius 3 is 2.61 bits per heavy atom. The molecule has 3 aromatic carbocycles. The van der Waals surface area contributed by atoms with Crippen molar-refractivity contribution in [2.45, 2.75) is 18.9 Å². The van der Waals surface area contributed by atoms with E-state index in [1.807, 2.05) is 6.07 Å². The lowest BCUT2D eigenvalue weighted by Gasteiger charge is -2.13. The number of anilines is 2. The van der Waals surface area contributed by atoms with E-state index >= 15 is 0 Å². The molecule has 7 heteroatoms. The molecule has 1 aliphatic rings. The van der Waals surface area contributed by atoms with Gasteiger partial charge in [0.2, 0.25) is 0 Å². The lowest BCUT2D eigenvalue weighted by Crippen LogP contribution is -2.21. The van der Waals surface area contributed by atoms with E-state index in [9.17, 15) is 18.7 Å². The molecular weight excluding hydrogens is 404 g/mol. The van der Waals surface area contributed by atoms with Crippen LogP contribution in [0.5, 0.6) is 5.75 Å². The van der Waals surface area contributed by atoms with E-state index in [1.54, 1.807) is 30.3 Å². The number of carbonyl (C=O) groups excluding carboxylic acids is 1. The molecule has 0 heterocycles. The van der Waals surface area contributed by atoms with Gasteiger partial charge in [-0.2, -0.15) is 0 Å². The number of hydrogen-bond acceptors (Lipinski definition) is 5. The minimum Gasteiger partial charge on any atom is -0.491 e. The third kappa shape index (κ3) is 4.42. The van der Waals surface area contributed by atoms with Gasteiger partial charge in [0, 0.05) is 16.8 Å². The second-order valence-electron chi connectivity index (χ2n) is 7.39. The van der Waals surface area contributed by atoms with Crippen molar-refractivity contribution < 1.29 is 28.5 Å². The van der Waals surface area contributed by atoms with E-state index in [4.69, 9.17) is 9.84 Å². The van der Waals surface area contributed by atoms with Crippen molar-refractivity contribution in [1.82, 2.24) is 0 Å². The molecule has 0 amide bonds. The SMILES string of the molecule is O=C1c2ccc(Nc3cccc(F)c3F)cc2CCc2ccc(OC[C@H](O)CO)cc21. The number of fused-ring (bicyclic) bond motifs is 2. The molecule has 3 aromatic rings.